The molecule has 0 radical (unpaired) electrons. The van der Waals surface area contributed by atoms with Crippen molar-refractivity contribution >= 4 is 13.6 Å². The van der Waals surface area contributed by atoms with Crippen LogP contribution in [0, 0.1) is 0 Å². The molecule has 6 heteroatoms. The summed E-state index contributed by atoms with van der Waals surface area (Å²) >= 11 is 0. The van der Waals surface area contributed by atoms with Crippen LogP contribution in [-0.2, 0) is 31.4 Å². The monoisotopic (exact) mass is 396 g/mol. The van der Waals surface area contributed by atoms with Gasteiger partial charge in [0.1, 0.15) is 6.61 Å². The van der Waals surface area contributed by atoms with Crippen molar-refractivity contribution in [2.45, 2.75) is 13.2 Å². The molecule has 144 valence electrons. The van der Waals surface area contributed by atoms with Crippen molar-refractivity contribution in [3.63, 3.8) is 0 Å². The number of benzene rings is 3. The molecule has 3 rings (SSSR count). The normalized spacial score (nSPS) is 11.3. The molecule has 3 aromatic rings. The van der Waals surface area contributed by atoms with E-state index in [0.29, 0.717) is 5.56 Å². The van der Waals surface area contributed by atoms with Crippen LogP contribution in [0.1, 0.15) is 21.5 Å². The molecule has 0 aliphatic carbocycles. The van der Waals surface area contributed by atoms with Gasteiger partial charge in [0.2, 0.25) is 0 Å². The minimum Gasteiger partial charge on any atom is -0.292 e. The number of phosphoric ester groups is 1. The molecule has 0 fully saturated rings. The molecule has 0 aliphatic rings. The van der Waals surface area contributed by atoms with Crippen molar-refractivity contribution in [2.24, 2.45) is 0 Å². The third-order valence-corrected chi connectivity index (χ3v) is 5.25. The number of rotatable bonds is 10. The lowest BCUT2D eigenvalue weighted by molar-refractivity contribution is 0.0771. The molecule has 0 heterocycles. The quantitative estimate of drug-likeness (QED) is 0.338. The number of Topliss-reactive ketones (excluding diaryl/α,β-unsaturated/α-hetero) is 1. The van der Waals surface area contributed by atoms with Crippen LogP contribution in [-0.4, -0.2) is 12.4 Å². The maximum Gasteiger partial charge on any atom is 0.475 e. The molecule has 0 bridgehead atoms. The van der Waals surface area contributed by atoms with E-state index in [1.165, 1.54) is 0 Å². The van der Waals surface area contributed by atoms with Gasteiger partial charge in [-0.2, -0.15) is 0 Å². The molecule has 0 saturated heterocycles. The second kappa shape index (κ2) is 10.1. The first-order valence-corrected chi connectivity index (χ1v) is 10.3. The average Bonchev–Trinajstić information content (AvgIpc) is 2.77. The van der Waals surface area contributed by atoms with E-state index in [9.17, 15) is 9.36 Å². The Morgan fingerprint density at radius 1 is 0.643 bits per heavy atom. The molecule has 0 unspecified atom stereocenters. The summed E-state index contributed by atoms with van der Waals surface area (Å²) in [5, 5.41) is 0. The Kier molecular flexibility index (Phi) is 7.29. The van der Waals surface area contributed by atoms with E-state index >= 15 is 0 Å². The van der Waals surface area contributed by atoms with Crippen LogP contribution in [0.2, 0.25) is 0 Å². The summed E-state index contributed by atoms with van der Waals surface area (Å²) in [5.41, 5.74) is 2.12. The van der Waals surface area contributed by atoms with E-state index in [2.05, 4.69) is 0 Å². The Bertz CT molecular complexity index is 866. The van der Waals surface area contributed by atoms with Gasteiger partial charge in [-0.1, -0.05) is 91.0 Å². The zero-order valence-electron chi connectivity index (χ0n) is 15.3. The lowest BCUT2D eigenvalue weighted by Gasteiger charge is -2.18. The number of hydrogen-bond donors (Lipinski definition) is 0. The molecule has 0 atom stereocenters. The third kappa shape index (κ3) is 6.25. The van der Waals surface area contributed by atoms with E-state index < -0.39 is 14.4 Å². The van der Waals surface area contributed by atoms with E-state index in [0.717, 1.165) is 11.1 Å². The zero-order chi connectivity index (χ0) is 19.7. The Morgan fingerprint density at radius 3 is 1.54 bits per heavy atom. The number of phosphoric acid groups is 1. The molecule has 28 heavy (non-hydrogen) atoms. The molecule has 0 amide bonds. The number of carbonyl (C=O) groups is 1. The Balaban J connectivity index is 1.65. The topological polar surface area (TPSA) is 61.8 Å². The van der Waals surface area contributed by atoms with Gasteiger partial charge in [0, 0.05) is 5.56 Å². The van der Waals surface area contributed by atoms with Gasteiger partial charge in [-0.3, -0.25) is 18.4 Å². The van der Waals surface area contributed by atoms with Crippen LogP contribution >= 0.6 is 7.82 Å². The molecule has 0 aromatic heterocycles. The van der Waals surface area contributed by atoms with Gasteiger partial charge in [0.15, 0.2) is 5.78 Å². The summed E-state index contributed by atoms with van der Waals surface area (Å²) in [6, 6.07) is 27.2. The molecule has 0 aliphatic heterocycles. The highest BCUT2D eigenvalue weighted by molar-refractivity contribution is 7.48. The highest BCUT2D eigenvalue weighted by Crippen LogP contribution is 2.51. The van der Waals surface area contributed by atoms with Gasteiger partial charge in [0.05, 0.1) is 13.2 Å². The maximum atomic E-state index is 13.1. The van der Waals surface area contributed by atoms with Crippen molar-refractivity contribution in [3.8, 4) is 0 Å². The van der Waals surface area contributed by atoms with E-state index in [1.807, 2.05) is 66.7 Å². The smallest absolute Gasteiger partial charge is 0.292 e. The number of carbonyl (C=O) groups excluding carboxylic acids is 1. The van der Waals surface area contributed by atoms with Crippen molar-refractivity contribution in [1.29, 1.82) is 0 Å². The fourth-order valence-corrected chi connectivity index (χ4v) is 3.53. The van der Waals surface area contributed by atoms with Gasteiger partial charge in [0.25, 0.3) is 0 Å². The van der Waals surface area contributed by atoms with Crippen LogP contribution in [0.4, 0.5) is 0 Å². The highest BCUT2D eigenvalue weighted by atomic mass is 31.2. The summed E-state index contributed by atoms with van der Waals surface area (Å²) < 4.78 is 29.4. The minimum absolute atomic E-state index is 0.0481. The second-order valence-electron chi connectivity index (χ2n) is 6.03. The number of hydrogen-bond acceptors (Lipinski definition) is 5. The first-order chi connectivity index (χ1) is 13.6. The molecule has 0 spiro atoms. The Morgan fingerprint density at radius 2 is 1.07 bits per heavy atom. The summed E-state index contributed by atoms with van der Waals surface area (Å²) in [6.07, 6.45) is 0. The zero-order valence-corrected chi connectivity index (χ0v) is 16.2. The second-order valence-corrected chi connectivity index (χ2v) is 7.70. The summed E-state index contributed by atoms with van der Waals surface area (Å²) in [4.78, 5) is 12.3. The van der Waals surface area contributed by atoms with Gasteiger partial charge < -0.3 is 0 Å². The predicted octanol–water partition coefficient (Wildman–Crippen LogP) is 5.43. The van der Waals surface area contributed by atoms with Crippen molar-refractivity contribution in [1.82, 2.24) is 0 Å². The summed E-state index contributed by atoms with van der Waals surface area (Å²) in [5.74, 6) is -0.299. The van der Waals surface area contributed by atoms with Gasteiger partial charge in [-0.15, -0.1) is 0 Å². The van der Waals surface area contributed by atoms with Gasteiger partial charge in [-0.25, -0.2) is 4.57 Å². The Labute approximate surface area is 164 Å². The third-order valence-electron chi connectivity index (χ3n) is 3.91. The van der Waals surface area contributed by atoms with Crippen LogP contribution in [0.15, 0.2) is 91.0 Å². The molecule has 5 nitrogen and oxygen atoms in total. The standard InChI is InChI=1S/C22H21O5P/c23-22(21-14-8-3-9-15-21)18-27-28(24,25-16-19-10-4-1-5-11-19)26-17-20-12-6-2-7-13-20/h1-15H,16-18H2. The lowest BCUT2D eigenvalue weighted by atomic mass is 10.1. The van der Waals surface area contributed by atoms with Gasteiger partial charge in [-0.05, 0) is 11.1 Å². The molecular weight excluding hydrogens is 375 g/mol. The SMILES string of the molecule is O=C(COP(=O)(OCc1ccccc1)OCc1ccccc1)c1ccccc1. The van der Waals surface area contributed by atoms with Crippen molar-refractivity contribution in [3.05, 3.63) is 108 Å². The summed E-state index contributed by atoms with van der Waals surface area (Å²) in [6.45, 7) is -0.302. The van der Waals surface area contributed by atoms with Crippen molar-refractivity contribution < 1.29 is 22.9 Å². The van der Waals surface area contributed by atoms with E-state index in [4.69, 9.17) is 13.6 Å². The minimum atomic E-state index is -3.95. The fraction of sp³-hybridized carbons (Fsp3) is 0.136. The van der Waals surface area contributed by atoms with Crippen LogP contribution in [0.25, 0.3) is 0 Å². The average molecular weight is 396 g/mol. The fourth-order valence-electron chi connectivity index (χ4n) is 2.41. The van der Waals surface area contributed by atoms with Crippen LogP contribution < -0.4 is 0 Å². The largest absolute Gasteiger partial charge is 0.475 e. The van der Waals surface area contributed by atoms with Crippen LogP contribution in [0.5, 0.6) is 0 Å². The Hall–Kier alpha value is -2.56. The molecule has 0 N–H and O–H groups in total. The van der Waals surface area contributed by atoms with Gasteiger partial charge >= 0.3 is 7.82 Å². The predicted molar refractivity (Wildman–Crippen MR) is 107 cm³/mol. The number of ketones is 1. The molecule has 0 saturated carbocycles. The van der Waals surface area contributed by atoms with E-state index in [1.54, 1.807) is 24.3 Å². The maximum absolute atomic E-state index is 13.1. The summed E-state index contributed by atoms with van der Waals surface area (Å²) in [7, 11) is -3.95. The van der Waals surface area contributed by atoms with E-state index in [-0.39, 0.29) is 19.0 Å². The molecular formula is C22H21O5P. The lowest BCUT2D eigenvalue weighted by Crippen LogP contribution is -2.10. The first-order valence-electron chi connectivity index (χ1n) is 8.84. The first kappa shape index (κ1) is 20.2. The highest BCUT2D eigenvalue weighted by Gasteiger charge is 2.28. The van der Waals surface area contributed by atoms with Crippen molar-refractivity contribution in [2.75, 3.05) is 6.61 Å². The van der Waals surface area contributed by atoms with Crippen LogP contribution in [0.3, 0.4) is 0 Å². The molecule has 3 aromatic carbocycles.